The molecule has 0 aliphatic carbocycles. The van der Waals surface area contributed by atoms with Gasteiger partial charge in [0.1, 0.15) is 5.82 Å². The van der Waals surface area contributed by atoms with Gasteiger partial charge < -0.3 is 10.4 Å². The normalized spacial score (nSPS) is 11.5. The molecule has 0 saturated carbocycles. The second kappa shape index (κ2) is 8.23. The van der Waals surface area contributed by atoms with E-state index in [-0.39, 0.29) is 13.2 Å². The van der Waals surface area contributed by atoms with Crippen LogP contribution in [0.4, 0.5) is 17.6 Å². The molecule has 0 unspecified atom stereocenters. The van der Waals surface area contributed by atoms with Gasteiger partial charge in [0.15, 0.2) is 0 Å². The van der Waals surface area contributed by atoms with E-state index in [1.165, 1.54) is 11.8 Å². The highest BCUT2D eigenvalue weighted by Gasteiger charge is 2.35. The summed E-state index contributed by atoms with van der Waals surface area (Å²) >= 11 is 1.47. The number of aliphatic hydroxyl groups is 1. The predicted octanol–water partition coefficient (Wildman–Crippen LogP) is 2.69. The highest BCUT2D eigenvalue weighted by molar-refractivity contribution is 7.99. The van der Waals surface area contributed by atoms with Crippen LogP contribution in [0.5, 0.6) is 0 Å². The summed E-state index contributed by atoms with van der Waals surface area (Å²) in [6.45, 7) is 0.271. The van der Waals surface area contributed by atoms with Crippen LogP contribution in [0.25, 0.3) is 0 Å². The van der Waals surface area contributed by atoms with Crippen molar-refractivity contribution in [2.24, 2.45) is 0 Å². The summed E-state index contributed by atoms with van der Waals surface area (Å²) in [6.07, 6.45) is -4.17. The third-order valence-corrected chi connectivity index (χ3v) is 3.58. The Bertz CT molecular complexity index is 480. The van der Waals surface area contributed by atoms with Crippen molar-refractivity contribution in [2.45, 2.75) is 12.6 Å². The average Bonchev–Trinajstić information content (AvgIpc) is 2.41. The molecule has 0 heterocycles. The van der Waals surface area contributed by atoms with Crippen molar-refractivity contribution in [2.75, 3.05) is 24.7 Å². The fourth-order valence-electron chi connectivity index (χ4n) is 1.55. The van der Waals surface area contributed by atoms with Crippen molar-refractivity contribution in [3.63, 3.8) is 0 Å². The second-order valence-electron chi connectivity index (χ2n) is 4.13. The van der Waals surface area contributed by atoms with Crippen LogP contribution >= 0.6 is 11.8 Å². The van der Waals surface area contributed by atoms with Gasteiger partial charge in [0, 0.05) is 18.9 Å². The van der Waals surface area contributed by atoms with Crippen LogP contribution in [0.3, 0.4) is 0 Å². The van der Waals surface area contributed by atoms with Crippen LogP contribution < -0.4 is 5.32 Å². The molecule has 0 fully saturated rings. The van der Waals surface area contributed by atoms with Gasteiger partial charge in [-0.1, -0.05) is 0 Å². The summed E-state index contributed by atoms with van der Waals surface area (Å²) in [5.41, 5.74) is -1.88. The van der Waals surface area contributed by atoms with Gasteiger partial charge in [-0.25, -0.2) is 4.39 Å². The maximum atomic E-state index is 12.9. The van der Waals surface area contributed by atoms with Crippen LogP contribution in [0.1, 0.15) is 22.3 Å². The van der Waals surface area contributed by atoms with Gasteiger partial charge in [0.2, 0.25) is 0 Å². The summed E-state index contributed by atoms with van der Waals surface area (Å²) in [5, 5.41) is 10.9. The molecule has 3 nitrogen and oxygen atoms in total. The minimum atomic E-state index is -4.79. The molecule has 0 radical (unpaired) electrons. The first-order valence-electron chi connectivity index (χ1n) is 6.20. The number of nitrogens with one attached hydrogen (secondary N) is 1. The van der Waals surface area contributed by atoms with Crippen molar-refractivity contribution in [3.05, 3.63) is 35.1 Å². The number of hydrogen-bond acceptors (Lipinski definition) is 3. The monoisotopic (exact) mass is 325 g/mol. The van der Waals surface area contributed by atoms with Gasteiger partial charge in [-0.2, -0.15) is 24.9 Å². The Kier molecular flexibility index (Phi) is 6.97. The zero-order valence-electron chi connectivity index (χ0n) is 11.0. The van der Waals surface area contributed by atoms with E-state index in [1.807, 2.05) is 0 Å². The number of carbonyl (C=O) groups excluding carboxylic acids is 1. The van der Waals surface area contributed by atoms with E-state index in [2.05, 4.69) is 5.32 Å². The summed E-state index contributed by atoms with van der Waals surface area (Å²) in [5.74, 6) is -0.700. The lowest BCUT2D eigenvalue weighted by atomic mass is 10.1. The first kappa shape index (κ1) is 17.8. The largest absolute Gasteiger partial charge is 0.417 e. The molecule has 0 bridgehead atoms. The standard InChI is InChI=1S/C13H15F4NO2S/c14-9-2-3-10(11(8-9)13(15,16)17)12(20)18-4-7-21-6-1-5-19/h2-3,8,19H,1,4-7H2,(H,18,20). The molecule has 1 amide bonds. The Balaban J connectivity index is 2.62. The highest BCUT2D eigenvalue weighted by Crippen LogP contribution is 2.32. The molecule has 1 aromatic carbocycles. The first-order chi connectivity index (χ1) is 9.86. The zero-order valence-corrected chi connectivity index (χ0v) is 11.9. The number of benzene rings is 1. The topological polar surface area (TPSA) is 49.3 Å². The van der Waals surface area contributed by atoms with Crippen molar-refractivity contribution in [3.8, 4) is 0 Å². The molecule has 1 rings (SSSR count). The minimum Gasteiger partial charge on any atom is -0.396 e. The lowest BCUT2D eigenvalue weighted by Crippen LogP contribution is -2.28. The number of carbonyl (C=O) groups is 1. The van der Waals surface area contributed by atoms with Crippen molar-refractivity contribution < 1.29 is 27.5 Å². The molecule has 8 heteroatoms. The smallest absolute Gasteiger partial charge is 0.396 e. The van der Waals surface area contributed by atoms with E-state index in [0.717, 1.165) is 12.1 Å². The maximum Gasteiger partial charge on any atom is 0.417 e. The summed E-state index contributed by atoms with van der Waals surface area (Å²) in [4.78, 5) is 11.7. The number of hydrogen-bond donors (Lipinski definition) is 2. The van der Waals surface area contributed by atoms with E-state index in [9.17, 15) is 22.4 Å². The van der Waals surface area contributed by atoms with Crippen molar-refractivity contribution in [1.82, 2.24) is 5.32 Å². The first-order valence-corrected chi connectivity index (χ1v) is 7.35. The molecule has 118 valence electrons. The Morgan fingerprint density at radius 3 is 2.62 bits per heavy atom. The van der Waals surface area contributed by atoms with Gasteiger partial charge in [-0.3, -0.25) is 4.79 Å². The van der Waals surface area contributed by atoms with Gasteiger partial charge in [-0.05, 0) is 30.4 Å². The third kappa shape index (κ3) is 5.92. The molecule has 0 atom stereocenters. The molecule has 0 aromatic heterocycles. The molecule has 2 N–H and O–H groups in total. The molecular formula is C13H15F4NO2S. The lowest BCUT2D eigenvalue weighted by molar-refractivity contribution is -0.138. The Morgan fingerprint density at radius 2 is 2.00 bits per heavy atom. The van der Waals surface area contributed by atoms with E-state index in [4.69, 9.17) is 5.11 Å². The fraction of sp³-hybridized carbons (Fsp3) is 0.462. The third-order valence-electron chi connectivity index (χ3n) is 2.51. The van der Waals surface area contributed by atoms with Crippen molar-refractivity contribution >= 4 is 17.7 Å². The molecule has 21 heavy (non-hydrogen) atoms. The van der Waals surface area contributed by atoms with E-state index in [0.29, 0.717) is 24.0 Å². The highest BCUT2D eigenvalue weighted by atomic mass is 32.2. The minimum absolute atomic E-state index is 0.0733. The zero-order chi connectivity index (χ0) is 15.9. The van der Waals surface area contributed by atoms with Crippen molar-refractivity contribution in [1.29, 1.82) is 0 Å². The Hall–Kier alpha value is -1.28. The number of alkyl halides is 3. The maximum absolute atomic E-state index is 12.9. The Morgan fingerprint density at radius 1 is 1.29 bits per heavy atom. The fourth-order valence-corrected chi connectivity index (χ4v) is 2.33. The van der Waals surface area contributed by atoms with Gasteiger partial charge in [0.25, 0.3) is 5.91 Å². The molecule has 0 spiro atoms. The molecule has 1 aromatic rings. The van der Waals surface area contributed by atoms with Gasteiger partial charge in [0.05, 0.1) is 11.1 Å². The number of thioether (sulfide) groups is 1. The molecular weight excluding hydrogens is 310 g/mol. The van der Waals surface area contributed by atoms with Gasteiger partial charge in [-0.15, -0.1) is 0 Å². The van der Waals surface area contributed by atoms with Crippen LogP contribution in [0, 0.1) is 5.82 Å². The summed E-state index contributed by atoms with van der Waals surface area (Å²) in [6, 6.07) is 1.96. The number of amides is 1. The number of aliphatic hydroxyl groups excluding tert-OH is 1. The van der Waals surface area contributed by atoms with Crippen LogP contribution in [0.2, 0.25) is 0 Å². The Labute approximate surface area is 123 Å². The lowest BCUT2D eigenvalue weighted by Gasteiger charge is -2.13. The van der Waals surface area contributed by atoms with Crippen LogP contribution in [0.15, 0.2) is 18.2 Å². The van der Waals surface area contributed by atoms with Crippen LogP contribution in [-0.4, -0.2) is 35.7 Å². The molecule has 0 saturated heterocycles. The average molecular weight is 325 g/mol. The number of rotatable bonds is 7. The van der Waals surface area contributed by atoms with E-state index < -0.39 is 29.0 Å². The van der Waals surface area contributed by atoms with Crippen LogP contribution in [-0.2, 0) is 6.18 Å². The molecule has 0 aliphatic rings. The van der Waals surface area contributed by atoms with E-state index >= 15 is 0 Å². The molecule has 0 aliphatic heterocycles. The van der Waals surface area contributed by atoms with Gasteiger partial charge >= 0.3 is 6.18 Å². The summed E-state index contributed by atoms with van der Waals surface area (Å²) in [7, 11) is 0. The van der Waals surface area contributed by atoms with E-state index in [1.54, 1.807) is 0 Å². The summed E-state index contributed by atoms with van der Waals surface area (Å²) < 4.78 is 51.1. The second-order valence-corrected chi connectivity index (χ2v) is 5.36. The number of halogens is 4. The predicted molar refractivity (Wildman–Crippen MR) is 72.8 cm³/mol. The quantitative estimate of drug-likeness (QED) is 0.599. The SMILES string of the molecule is O=C(NCCSCCCO)c1ccc(F)cc1C(F)(F)F.